The quantitative estimate of drug-likeness (QED) is 0.162. The summed E-state index contributed by atoms with van der Waals surface area (Å²) in [6, 6.07) is 63.7. The maximum absolute atomic E-state index is 2.50. The average Bonchev–Trinajstić information content (AvgIpc) is 3.58. The molecule has 9 aromatic rings. The zero-order valence-corrected chi connectivity index (χ0v) is 31.2. The second kappa shape index (κ2) is 11.1. The van der Waals surface area contributed by atoms with Crippen LogP contribution in [0.5, 0.6) is 0 Å². The lowest BCUT2D eigenvalue weighted by Gasteiger charge is -2.30. The molecule has 2 aliphatic rings. The zero-order chi connectivity index (χ0) is 36.3. The first-order valence-electron chi connectivity index (χ1n) is 19.3. The van der Waals surface area contributed by atoms with Crippen molar-refractivity contribution in [2.75, 3.05) is 0 Å². The van der Waals surface area contributed by atoms with Gasteiger partial charge in [-0.1, -0.05) is 179 Å². The molecule has 9 aromatic carbocycles. The van der Waals surface area contributed by atoms with Crippen LogP contribution >= 0.6 is 0 Å². The molecule has 0 atom stereocenters. The van der Waals surface area contributed by atoms with E-state index < -0.39 is 0 Å². The molecule has 54 heavy (non-hydrogen) atoms. The van der Waals surface area contributed by atoms with Crippen LogP contribution in [0.1, 0.15) is 49.9 Å². The topological polar surface area (TPSA) is 0 Å². The molecule has 0 saturated carbocycles. The van der Waals surface area contributed by atoms with Gasteiger partial charge in [0.25, 0.3) is 0 Å². The third-order valence-corrected chi connectivity index (χ3v) is 12.8. The fourth-order valence-corrected chi connectivity index (χ4v) is 10.4. The summed E-state index contributed by atoms with van der Waals surface area (Å²) < 4.78 is 0. The lowest BCUT2D eigenvalue weighted by atomic mass is 9.72. The molecule has 11 rings (SSSR count). The van der Waals surface area contributed by atoms with E-state index in [1.807, 2.05) is 0 Å². The highest BCUT2D eigenvalue weighted by atomic mass is 14.5. The molecular formula is C54H40. The summed E-state index contributed by atoms with van der Waals surface area (Å²) >= 11 is 0. The number of fused-ring (bicyclic) bond motifs is 10. The summed E-state index contributed by atoms with van der Waals surface area (Å²) in [6.07, 6.45) is 0. The van der Waals surface area contributed by atoms with Crippen LogP contribution in [0.4, 0.5) is 0 Å². The lowest BCUT2D eigenvalue weighted by Crippen LogP contribution is -2.24. The van der Waals surface area contributed by atoms with Crippen LogP contribution in [0.15, 0.2) is 170 Å². The molecule has 0 amide bonds. The van der Waals surface area contributed by atoms with Crippen molar-refractivity contribution < 1.29 is 0 Å². The predicted octanol–water partition coefficient (Wildman–Crippen LogP) is 14.8. The van der Waals surface area contributed by atoms with Crippen LogP contribution in [0, 0.1) is 0 Å². The maximum atomic E-state index is 2.50. The van der Waals surface area contributed by atoms with E-state index in [1.165, 1.54) is 110 Å². The molecule has 0 radical (unpaired) electrons. The standard InChI is InChI=1S/C54H40/c1-53(2)47-25-15-14-20-38(47)44-28-29-45-39-27-26-34(32-48(39)54(3,4)52(45)51(44)53)36-30-35-18-8-9-19-37(35)46(31-36)50-42-23-12-10-21-40(42)49(33-16-6-5-7-17-33)41-22-11-13-24-43(41)50/h5-32H,1-4H3. The molecule has 0 saturated heterocycles. The Morgan fingerprint density at radius 2 is 0.796 bits per heavy atom. The summed E-state index contributed by atoms with van der Waals surface area (Å²) in [7, 11) is 0. The normalized spacial score (nSPS) is 14.6. The summed E-state index contributed by atoms with van der Waals surface area (Å²) in [4.78, 5) is 0. The van der Waals surface area contributed by atoms with Gasteiger partial charge in [-0.2, -0.15) is 0 Å². The Labute approximate surface area is 317 Å². The van der Waals surface area contributed by atoms with E-state index in [0.717, 1.165) is 0 Å². The molecule has 0 heteroatoms. The van der Waals surface area contributed by atoms with E-state index in [1.54, 1.807) is 0 Å². The number of hydrogen-bond acceptors (Lipinski definition) is 0. The third kappa shape index (κ3) is 4.20. The van der Waals surface area contributed by atoms with E-state index >= 15 is 0 Å². The van der Waals surface area contributed by atoms with Gasteiger partial charge in [-0.3, -0.25) is 0 Å². The van der Waals surface area contributed by atoms with Gasteiger partial charge in [0.1, 0.15) is 0 Å². The van der Waals surface area contributed by atoms with Crippen LogP contribution in [-0.2, 0) is 10.8 Å². The highest BCUT2D eigenvalue weighted by molar-refractivity contribution is 6.23. The summed E-state index contributed by atoms with van der Waals surface area (Å²) in [6.45, 7) is 9.72. The Morgan fingerprint density at radius 1 is 0.296 bits per heavy atom. The van der Waals surface area contributed by atoms with Crippen LogP contribution in [-0.4, -0.2) is 0 Å². The largest absolute Gasteiger partial charge is 0.0622 e. The third-order valence-electron chi connectivity index (χ3n) is 12.8. The molecule has 2 aliphatic carbocycles. The van der Waals surface area contributed by atoms with Crippen LogP contribution < -0.4 is 0 Å². The highest BCUT2D eigenvalue weighted by Crippen LogP contribution is 2.59. The summed E-state index contributed by atoms with van der Waals surface area (Å²) in [5, 5.41) is 7.64. The van der Waals surface area contributed by atoms with Gasteiger partial charge < -0.3 is 0 Å². The van der Waals surface area contributed by atoms with E-state index in [2.05, 4.69) is 198 Å². The Balaban J connectivity index is 1.14. The van der Waals surface area contributed by atoms with Crippen LogP contribution in [0.2, 0.25) is 0 Å². The second-order valence-electron chi connectivity index (χ2n) is 16.4. The van der Waals surface area contributed by atoms with Crippen LogP contribution in [0.25, 0.3) is 88.0 Å². The molecule has 0 N–H and O–H groups in total. The molecule has 0 aromatic heterocycles. The first kappa shape index (κ1) is 31.3. The Hall–Kier alpha value is -6.24. The summed E-state index contributed by atoms with van der Waals surface area (Å²) in [5.41, 5.74) is 18.8. The lowest BCUT2D eigenvalue weighted by molar-refractivity contribution is 0.601. The van der Waals surface area contributed by atoms with Gasteiger partial charge in [0, 0.05) is 10.8 Å². The number of benzene rings is 9. The van der Waals surface area contributed by atoms with Crippen molar-refractivity contribution in [3.63, 3.8) is 0 Å². The van der Waals surface area contributed by atoms with Crippen molar-refractivity contribution in [1.29, 1.82) is 0 Å². The van der Waals surface area contributed by atoms with Crippen molar-refractivity contribution in [3.8, 4) is 55.6 Å². The van der Waals surface area contributed by atoms with Crippen molar-refractivity contribution >= 4 is 32.3 Å². The van der Waals surface area contributed by atoms with Gasteiger partial charge in [0.15, 0.2) is 0 Å². The fourth-order valence-electron chi connectivity index (χ4n) is 10.4. The summed E-state index contributed by atoms with van der Waals surface area (Å²) in [5.74, 6) is 0. The minimum absolute atomic E-state index is 0.0612. The van der Waals surface area contributed by atoms with Gasteiger partial charge >= 0.3 is 0 Å². The van der Waals surface area contributed by atoms with E-state index in [-0.39, 0.29) is 10.8 Å². The predicted molar refractivity (Wildman–Crippen MR) is 230 cm³/mol. The van der Waals surface area contributed by atoms with Crippen molar-refractivity contribution in [2.24, 2.45) is 0 Å². The monoisotopic (exact) mass is 688 g/mol. The van der Waals surface area contributed by atoms with E-state index in [9.17, 15) is 0 Å². The van der Waals surface area contributed by atoms with Gasteiger partial charge in [-0.05, 0) is 128 Å². The van der Waals surface area contributed by atoms with E-state index in [4.69, 9.17) is 0 Å². The Kier molecular flexibility index (Phi) is 6.46. The molecule has 0 bridgehead atoms. The van der Waals surface area contributed by atoms with Crippen molar-refractivity contribution in [2.45, 2.75) is 38.5 Å². The molecule has 0 aliphatic heterocycles. The fraction of sp³-hybridized carbons (Fsp3) is 0.111. The first-order chi connectivity index (χ1) is 26.3. The molecule has 0 nitrogen and oxygen atoms in total. The van der Waals surface area contributed by atoms with Gasteiger partial charge in [-0.15, -0.1) is 0 Å². The average molecular weight is 689 g/mol. The molecule has 256 valence electrons. The minimum atomic E-state index is -0.148. The van der Waals surface area contributed by atoms with Gasteiger partial charge in [0.05, 0.1) is 0 Å². The van der Waals surface area contributed by atoms with Crippen LogP contribution in [0.3, 0.4) is 0 Å². The molecule has 0 unspecified atom stereocenters. The minimum Gasteiger partial charge on any atom is -0.0622 e. The maximum Gasteiger partial charge on any atom is 0.0162 e. The Morgan fingerprint density at radius 3 is 1.46 bits per heavy atom. The smallest absolute Gasteiger partial charge is 0.0162 e. The zero-order valence-electron chi connectivity index (χ0n) is 31.2. The number of rotatable bonds is 3. The second-order valence-corrected chi connectivity index (χ2v) is 16.4. The highest BCUT2D eigenvalue weighted by Gasteiger charge is 2.45. The molecule has 0 fully saturated rings. The van der Waals surface area contributed by atoms with Gasteiger partial charge in [0.2, 0.25) is 0 Å². The Bertz CT molecular complexity index is 2970. The first-order valence-corrected chi connectivity index (χ1v) is 19.3. The SMILES string of the molecule is CC1(C)c2ccccc2-c2ccc3c(c21)C(C)(C)c1cc(-c2cc(-c4c5ccccc5c(-c5ccccc5)c5ccccc45)c4ccccc4c2)ccc1-3. The van der Waals surface area contributed by atoms with Gasteiger partial charge in [-0.25, -0.2) is 0 Å². The number of hydrogen-bond donors (Lipinski definition) is 0. The molecule has 0 spiro atoms. The van der Waals surface area contributed by atoms with Crippen molar-refractivity contribution in [1.82, 2.24) is 0 Å². The van der Waals surface area contributed by atoms with E-state index in [0.29, 0.717) is 0 Å². The molecule has 0 heterocycles. The van der Waals surface area contributed by atoms with Crippen molar-refractivity contribution in [3.05, 3.63) is 192 Å². The molecular weight excluding hydrogens is 649 g/mol.